The smallest absolute Gasteiger partial charge is 0.267 e. The molecule has 0 spiro atoms. The summed E-state index contributed by atoms with van der Waals surface area (Å²) in [4.78, 5) is 29.1. The average Bonchev–Trinajstić information content (AvgIpc) is 3.21. The summed E-state index contributed by atoms with van der Waals surface area (Å²) in [6, 6.07) is 1.76. The number of thioether (sulfide) groups is 1. The van der Waals surface area contributed by atoms with Gasteiger partial charge in [-0.3, -0.25) is 14.5 Å². The Hall–Kier alpha value is -1.60. The summed E-state index contributed by atoms with van der Waals surface area (Å²) < 4.78 is 1.62. The van der Waals surface area contributed by atoms with Crippen LogP contribution < -0.4 is 5.56 Å². The fourth-order valence-electron chi connectivity index (χ4n) is 3.92. The first-order chi connectivity index (χ1) is 12.7. The molecule has 0 saturated carbocycles. The molecule has 0 N–H and O–H groups in total. The predicted octanol–water partition coefficient (Wildman–Crippen LogP) is 1.14. The summed E-state index contributed by atoms with van der Waals surface area (Å²) in [5.41, 5.74) is 2.20. The molecule has 4 rings (SSSR count). The van der Waals surface area contributed by atoms with E-state index >= 15 is 0 Å². The number of carbonyl (C=O) groups is 1. The zero-order chi connectivity index (χ0) is 17.9. The predicted molar refractivity (Wildman–Crippen MR) is 103 cm³/mol. The topological polar surface area (TPSA) is 58.4 Å². The minimum absolute atomic E-state index is 0.00815. The molecule has 3 aliphatic rings. The number of aryl methyl sites for hydroxylation is 1. The minimum atomic E-state index is 0.00815. The van der Waals surface area contributed by atoms with Crippen LogP contribution in [0.15, 0.2) is 23.0 Å². The number of rotatable bonds is 4. The molecule has 1 amide bonds. The van der Waals surface area contributed by atoms with E-state index in [1.807, 2.05) is 16.7 Å². The molecule has 0 radical (unpaired) electrons. The van der Waals surface area contributed by atoms with E-state index in [1.54, 1.807) is 10.7 Å². The summed E-state index contributed by atoms with van der Waals surface area (Å²) in [7, 11) is 0. The largest absolute Gasteiger partial charge is 0.340 e. The maximum absolute atomic E-state index is 12.5. The molecule has 0 atom stereocenters. The summed E-state index contributed by atoms with van der Waals surface area (Å²) in [5, 5.41) is 4.59. The molecule has 0 bridgehead atoms. The molecule has 2 aliphatic heterocycles. The minimum Gasteiger partial charge on any atom is -0.340 e. The SMILES string of the molecule is O=C(C1CC=CC1)N1CCN(CCn2nc3c(cc2=O)CSCC3)CC1. The second-order valence-electron chi connectivity index (χ2n) is 7.29. The summed E-state index contributed by atoms with van der Waals surface area (Å²) in [5.74, 6) is 2.47. The van der Waals surface area contributed by atoms with Crippen molar-refractivity contribution in [2.24, 2.45) is 5.92 Å². The highest BCUT2D eigenvalue weighted by Gasteiger charge is 2.27. The molecule has 0 aromatic carbocycles. The van der Waals surface area contributed by atoms with E-state index in [1.165, 1.54) is 0 Å². The van der Waals surface area contributed by atoms with Gasteiger partial charge in [0.15, 0.2) is 0 Å². The average molecular weight is 375 g/mol. The lowest BCUT2D eigenvalue weighted by Crippen LogP contribution is -2.51. The standard InChI is InChI=1S/C19H26N4O2S/c24-18-13-16-14-26-12-5-17(16)20-23(18)11-8-21-6-9-22(10-7-21)19(25)15-3-1-2-4-15/h1-2,13,15H,3-12,14H2. The van der Waals surface area contributed by atoms with Crippen molar-refractivity contribution in [1.82, 2.24) is 19.6 Å². The molecule has 0 unspecified atom stereocenters. The van der Waals surface area contributed by atoms with Crippen molar-refractivity contribution in [3.8, 4) is 0 Å². The maximum atomic E-state index is 12.5. The molecule has 7 heteroatoms. The van der Waals surface area contributed by atoms with Gasteiger partial charge in [0.1, 0.15) is 0 Å². The fraction of sp³-hybridized carbons (Fsp3) is 0.632. The van der Waals surface area contributed by atoms with E-state index in [0.717, 1.165) is 74.7 Å². The zero-order valence-corrected chi connectivity index (χ0v) is 15.9. The Bertz CT molecular complexity index is 744. The van der Waals surface area contributed by atoms with Crippen LogP contribution in [0.25, 0.3) is 0 Å². The van der Waals surface area contributed by atoms with Crippen LogP contribution in [0.1, 0.15) is 24.1 Å². The summed E-state index contributed by atoms with van der Waals surface area (Å²) in [6.07, 6.45) is 6.97. The lowest BCUT2D eigenvalue weighted by Gasteiger charge is -2.36. The lowest BCUT2D eigenvalue weighted by molar-refractivity contribution is -0.136. The Kier molecular flexibility index (Phi) is 5.45. The number of nitrogens with zero attached hydrogens (tertiary/aromatic N) is 4. The van der Waals surface area contributed by atoms with E-state index in [0.29, 0.717) is 12.5 Å². The van der Waals surface area contributed by atoms with Crippen molar-refractivity contribution in [1.29, 1.82) is 0 Å². The van der Waals surface area contributed by atoms with Crippen LogP contribution in [0.4, 0.5) is 0 Å². The van der Waals surface area contributed by atoms with Crippen LogP contribution in [0.3, 0.4) is 0 Å². The van der Waals surface area contributed by atoms with Crippen LogP contribution in [0.2, 0.25) is 0 Å². The first-order valence-electron chi connectivity index (χ1n) is 9.54. The number of carbonyl (C=O) groups excluding carboxylic acids is 1. The highest BCUT2D eigenvalue weighted by Crippen LogP contribution is 2.22. The zero-order valence-electron chi connectivity index (χ0n) is 15.1. The molecular formula is C19H26N4O2S. The van der Waals surface area contributed by atoms with Crippen molar-refractivity contribution < 1.29 is 4.79 Å². The molecule has 1 aromatic heterocycles. The van der Waals surface area contributed by atoms with Gasteiger partial charge >= 0.3 is 0 Å². The van der Waals surface area contributed by atoms with Gasteiger partial charge < -0.3 is 4.90 Å². The van der Waals surface area contributed by atoms with Crippen LogP contribution in [-0.4, -0.2) is 64.0 Å². The Morgan fingerprint density at radius 1 is 1.15 bits per heavy atom. The van der Waals surface area contributed by atoms with Crippen molar-refractivity contribution in [3.63, 3.8) is 0 Å². The quantitative estimate of drug-likeness (QED) is 0.740. The number of allylic oxidation sites excluding steroid dienone is 2. The van der Waals surface area contributed by atoms with Crippen LogP contribution in [0.5, 0.6) is 0 Å². The van der Waals surface area contributed by atoms with Gasteiger partial charge in [-0.15, -0.1) is 0 Å². The van der Waals surface area contributed by atoms with Gasteiger partial charge in [0.05, 0.1) is 12.2 Å². The normalized spacial score (nSPS) is 21.2. The molecule has 1 fully saturated rings. The Morgan fingerprint density at radius 2 is 1.92 bits per heavy atom. The number of fused-ring (bicyclic) bond motifs is 1. The molecule has 3 heterocycles. The monoisotopic (exact) mass is 374 g/mol. The third-order valence-corrected chi connectivity index (χ3v) is 6.58. The number of hydrogen-bond acceptors (Lipinski definition) is 5. The molecule has 1 saturated heterocycles. The number of hydrogen-bond donors (Lipinski definition) is 0. The van der Waals surface area contributed by atoms with Gasteiger partial charge in [-0.1, -0.05) is 12.2 Å². The molecule has 140 valence electrons. The van der Waals surface area contributed by atoms with E-state index < -0.39 is 0 Å². The van der Waals surface area contributed by atoms with Gasteiger partial charge in [-0.25, -0.2) is 4.68 Å². The third-order valence-electron chi connectivity index (χ3n) is 5.57. The van der Waals surface area contributed by atoms with Crippen molar-refractivity contribution in [2.45, 2.75) is 31.6 Å². The molecule has 6 nitrogen and oxygen atoms in total. The van der Waals surface area contributed by atoms with Crippen LogP contribution in [-0.2, 0) is 23.5 Å². The highest BCUT2D eigenvalue weighted by atomic mass is 32.2. The van der Waals surface area contributed by atoms with E-state index in [-0.39, 0.29) is 11.5 Å². The van der Waals surface area contributed by atoms with E-state index in [2.05, 4.69) is 22.2 Å². The van der Waals surface area contributed by atoms with Crippen LogP contribution in [0, 0.1) is 5.92 Å². The van der Waals surface area contributed by atoms with Gasteiger partial charge in [0.25, 0.3) is 5.56 Å². The second-order valence-corrected chi connectivity index (χ2v) is 8.39. The molecule has 1 aliphatic carbocycles. The number of aromatic nitrogens is 2. The third kappa shape index (κ3) is 3.88. The fourth-order valence-corrected chi connectivity index (χ4v) is 4.87. The lowest BCUT2D eigenvalue weighted by atomic mass is 10.1. The maximum Gasteiger partial charge on any atom is 0.267 e. The van der Waals surface area contributed by atoms with Crippen molar-refractivity contribution in [2.75, 3.05) is 38.5 Å². The Morgan fingerprint density at radius 3 is 2.69 bits per heavy atom. The Balaban J connectivity index is 1.28. The van der Waals surface area contributed by atoms with Gasteiger partial charge in [-0.05, 0) is 24.2 Å². The molecule has 1 aromatic rings. The second kappa shape index (κ2) is 7.96. The summed E-state index contributed by atoms with van der Waals surface area (Å²) >= 11 is 1.87. The van der Waals surface area contributed by atoms with Crippen molar-refractivity contribution in [3.05, 3.63) is 39.8 Å². The van der Waals surface area contributed by atoms with Gasteiger partial charge in [0.2, 0.25) is 5.91 Å². The molecular weight excluding hydrogens is 348 g/mol. The Labute approximate surface area is 158 Å². The first kappa shape index (κ1) is 17.8. The molecule has 26 heavy (non-hydrogen) atoms. The van der Waals surface area contributed by atoms with E-state index in [4.69, 9.17) is 0 Å². The van der Waals surface area contributed by atoms with E-state index in [9.17, 15) is 9.59 Å². The van der Waals surface area contributed by atoms with Gasteiger partial charge in [-0.2, -0.15) is 16.9 Å². The van der Waals surface area contributed by atoms with Crippen molar-refractivity contribution >= 4 is 17.7 Å². The number of piperazine rings is 1. The summed E-state index contributed by atoms with van der Waals surface area (Å²) in [6.45, 7) is 4.77. The number of amides is 1. The first-order valence-corrected chi connectivity index (χ1v) is 10.7. The van der Waals surface area contributed by atoms with Gasteiger partial charge in [0, 0.05) is 56.9 Å². The van der Waals surface area contributed by atoms with Crippen LogP contribution >= 0.6 is 11.8 Å². The highest BCUT2D eigenvalue weighted by molar-refractivity contribution is 7.98.